The van der Waals surface area contributed by atoms with E-state index in [0.29, 0.717) is 32.4 Å². The first-order chi connectivity index (χ1) is 11.0. The first kappa shape index (κ1) is 17.3. The maximum atomic E-state index is 12.4. The largest absolute Gasteiger partial charge is 0.496 e. The van der Waals surface area contributed by atoms with Crippen LogP contribution in [0.15, 0.2) is 24.3 Å². The van der Waals surface area contributed by atoms with Crippen molar-refractivity contribution >= 4 is 11.9 Å². The number of piperidine rings is 1. The zero-order valence-corrected chi connectivity index (χ0v) is 13.8. The lowest BCUT2D eigenvalue weighted by Gasteiger charge is -2.31. The van der Waals surface area contributed by atoms with Crippen molar-refractivity contribution in [3.63, 3.8) is 0 Å². The summed E-state index contributed by atoms with van der Waals surface area (Å²) < 4.78 is 5.35. The van der Waals surface area contributed by atoms with Gasteiger partial charge in [0.15, 0.2) is 0 Å². The molecule has 5 heteroatoms. The SMILES string of the molecule is COc1ccccc1CC(C)CC(=O)N1CCC(C(=O)O)CC1. The minimum absolute atomic E-state index is 0.122. The summed E-state index contributed by atoms with van der Waals surface area (Å²) in [5, 5.41) is 9.01. The van der Waals surface area contributed by atoms with Crippen LogP contribution in [0.1, 0.15) is 31.7 Å². The Morgan fingerprint density at radius 1 is 1.30 bits per heavy atom. The van der Waals surface area contributed by atoms with Gasteiger partial charge in [0.2, 0.25) is 5.91 Å². The molecule has 0 saturated carbocycles. The molecule has 0 aromatic heterocycles. The number of aliphatic carboxylic acids is 1. The molecule has 1 saturated heterocycles. The molecule has 0 spiro atoms. The van der Waals surface area contributed by atoms with Crippen LogP contribution in [0.5, 0.6) is 5.75 Å². The predicted molar refractivity (Wildman–Crippen MR) is 87.4 cm³/mol. The van der Waals surface area contributed by atoms with E-state index in [0.717, 1.165) is 17.7 Å². The molecule has 1 aliphatic heterocycles. The maximum Gasteiger partial charge on any atom is 0.306 e. The number of amides is 1. The van der Waals surface area contributed by atoms with Crippen molar-refractivity contribution in [3.05, 3.63) is 29.8 Å². The summed E-state index contributed by atoms with van der Waals surface area (Å²) in [7, 11) is 1.65. The highest BCUT2D eigenvalue weighted by molar-refractivity contribution is 5.77. The summed E-state index contributed by atoms with van der Waals surface area (Å²) in [6.45, 7) is 3.17. The number of carbonyl (C=O) groups excluding carboxylic acids is 1. The van der Waals surface area contributed by atoms with Crippen LogP contribution in [0, 0.1) is 11.8 Å². The summed E-state index contributed by atoms with van der Waals surface area (Å²) in [6.07, 6.45) is 2.39. The highest BCUT2D eigenvalue weighted by Gasteiger charge is 2.27. The second-order valence-electron chi connectivity index (χ2n) is 6.32. The first-order valence-corrected chi connectivity index (χ1v) is 8.13. The highest BCUT2D eigenvalue weighted by Crippen LogP contribution is 2.24. The number of ether oxygens (including phenoxy) is 1. The number of carboxylic acid groups (broad SMARTS) is 1. The van der Waals surface area contributed by atoms with Gasteiger partial charge in [0.1, 0.15) is 5.75 Å². The van der Waals surface area contributed by atoms with Crippen LogP contribution in [0.2, 0.25) is 0 Å². The fraction of sp³-hybridized carbons (Fsp3) is 0.556. The van der Waals surface area contributed by atoms with E-state index in [4.69, 9.17) is 9.84 Å². The lowest BCUT2D eigenvalue weighted by Crippen LogP contribution is -2.40. The molecule has 0 aliphatic carbocycles. The maximum absolute atomic E-state index is 12.4. The van der Waals surface area contributed by atoms with Crippen LogP contribution < -0.4 is 4.74 Å². The number of hydrogen-bond donors (Lipinski definition) is 1. The second-order valence-corrected chi connectivity index (χ2v) is 6.32. The predicted octanol–water partition coefficient (Wildman–Crippen LogP) is 2.59. The van der Waals surface area contributed by atoms with Gasteiger partial charge in [0.05, 0.1) is 13.0 Å². The Kier molecular flexibility index (Phi) is 6.02. The van der Waals surface area contributed by atoms with E-state index in [2.05, 4.69) is 6.92 Å². The normalized spacial score (nSPS) is 16.9. The van der Waals surface area contributed by atoms with Crippen molar-refractivity contribution < 1.29 is 19.4 Å². The van der Waals surface area contributed by atoms with E-state index < -0.39 is 5.97 Å². The molecular formula is C18H25NO4. The third-order valence-corrected chi connectivity index (χ3v) is 4.48. The van der Waals surface area contributed by atoms with Gasteiger partial charge in [0.25, 0.3) is 0 Å². The van der Waals surface area contributed by atoms with E-state index in [1.54, 1.807) is 12.0 Å². The molecule has 1 unspecified atom stereocenters. The lowest BCUT2D eigenvalue weighted by atomic mass is 9.94. The van der Waals surface area contributed by atoms with Crippen molar-refractivity contribution in [2.75, 3.05) is 20.2 Å². The number of nitrogens with zero attached hydrogens (tertiary/aromatic N) is 1. The Bertz CT molecular complexity index is 550. The molecule has 1 heterocycles. The van der Waals surface area contributed by atoms with Gasteiger partial charge in [-0.25, -0.2) is 0 Å². The Hall–Kier alpha value is -2.04. The summed E-state index contributed by atoms with van der Waals surface area (Å²) in [6, 6.07) is 7.87. The third-order valence-electron chi connectivity index (χ3n) is 4.48. The fourth-order valence-electron chi connectivity index (χ4n) is 3.12. The van der Waals surface area contributed by atoms with Crippen LogP contribution in [0.25, 0.3) is 0 Å². The summed E-state index contributed by atoms with van der Waals surface area (Å²) in [5.41, 5.74) is 1.11. The Morgan fingerprint density at radius 2 is 1.96 bits per heavy atom. The second kappa shape index (κ2) is 7.99. The minimum Gasteiger partial charge on any atom is -0.496 e. The molecule has 126 valence electrons. The van der Waals surface area contributed by atoms with E-state index in [1.165, 1.54) is 0 Å². The molecule has 1 amide bonds. The molecule has 5 nitrogen and oxygen atoms in total. The van der Waals surface area contributed by atoms with Gasteiger partial charge in [0, 0.05) is 19.5 Å². The van der Waals surface area contributed by atoms with Crippen molar-refractivity contribution in [2.24, 2.45) is 11.8 Å². The molecular weight excluding hydrogens is 294 g/mol. The van der Waals surface area contributed by atoms with Crippen molar-refractivity contribution in [1.82, 2.24) is 4.90 Å². The lowest BCUT2D eigenvalue weighted by molar-refractivity contribution is -0.145. The fourth-order valence-corrected chi connectivity index (χ4v) is 3.12. The number of carbonyl (C=O) groups is 2. The van der Waals surface area contributed by atoms with Crippen molar-refractivity contribution in [1.29, 1.82) is 0 Å². The minimum atomic E-state index is -0.748. The van der Waals surface area contributed by atoms with Gasteiger partial charge in [-0.15, -0.1) is 0 Å². The van der Waals surface area contributed by atoms with Crippen molar-refractivity contribution in [3.8, 4) is 5.75 Å². The standard InChI is InChI=1S/C18H25NO4/c1-13(11-15-5-3-4-6-16(15)23-2)12-17(20)19-9-7-14(8-10-19)18(21)22/h3-6,13-14H,7-12H2,1-2H3,(H,21,22). The quantitative estimate of drug-likeness (QED) is 0.875. The number of rotatable bonds is 6. The molecule has 1 N–H and O–H groups in total. The van der Waals surface area contributed by atoms with E-state index in [-0.39, 0.29) is 17.7 Å². The first-order valence-electron chi connectivity index (χ1n) is 8.13. The van der Waals surface area contributed by atoms with Crippen LogP contribution in [-0.4, -0.2) is 42.1 Å². The molecule has 1 aromatic rings. The Labute approximate surface area is 137 Å². The highest BCUT2D eigenvalue weighted by atomic mass is 16.5. The number of carboxylic acids is 1. The number of benzene rings is 1. The molecule has 1 aliphatic rings. The number of likely N-dealkylation sites (tertiary alicyclic amines) is 1. The molecule has 2 rings (SSSR count). The van der Waals surface area contributed by atoms with E-state index >= 15 is 0 Å². The average Bonchev–Trinajstić information content (AvgIpc) is 2.55. The summed E-state index contributed by atoms with van der Waals surface area (Å²) >= 11 is 0. The van der Waals surface area contributed by atoms with Crippen molar-refractivity contribution in [2.45, 2.75) is 32.6 Å². The molecule has 1 atom stereocenters. The van der Waals surface area contributed by atoms with E-state index in [1.807, 2.05) is 24.3 Å². The van der Waals surface area contributed by atoms with Gasteiger partial charge < -0.3 is 14.7 Å². The molecule has 0 bridgehead atoms. The summed E-state index contributed by atoms with van der Waals surface area (Å²) in [5.74, 6) is 0.146. The number of para-hydroxylation sites is 1. The molecule has 1 aromatic carbocycles. The number of methoxy groups -OCH3 is 1. The molecule has 0 radical (unpaired) electrons. The smallest absolute Gasteiger partial charge is 0.306 e. The van der Waals surface area contributed by atoms with E-state index in [9.17, 15) is 9.59 Å². The Balaban J connectivity index is 1.84. The van der Waals surface area contributed by atoms with Crippen LogP contribution in [-0.2, 0) is 16.0 Å². The van der Waals surface area contributed by atoms with Crippen LogP contribution in [0.4, 0.5) is 0 Å². The zero-order chi connectivity index (χ0) is 16.8. The van der Waals surface area contributed by atoms with Gasteiger partial charge in [-0.2, -0.15) is 0 Å². The monoisotopic (exact) mass is 319 g/mol. The molecule has 1 fully saturated rings. The van der Waals surface area contributed by atoms with Crippen LogP contribution in [0.3, 0.4) is 0 Å². The van der Waals surface area contributed by atoms with Gasteiger partial charge in [-0.1, -0.05) is 25.1 Å². The summed E-state index contributed by atoms with van der Waals surface area (Å²) in [4.78, 5) is 25.1. The van der Waals surface area contributed by atoms with Gasteiger partial charge in [-0.3, -0.25) is 9.59 Å². The zero-order valence-electron chi connectivity index (χ0n) is 13.8. The third kappa shape index (κ3) is 4.71. The van der Waals surface area contributed by atoms with Gasteiger partial charge in [-0.05, 0) is 36.8 Å². The Morgan fingerprint density at radius 3 is 2.57 bits per heavy atom. The number of hydrogen-bond acceptors (Lipinski definition) is 3. The molecule has 23 heavy (non-hydrogen) atoms. The van der Waals surface area contributed by atoms with Gasteiger partial charge >= 0.3 is 5.97 Å². The topological polar surface area (TPSA) is 66.8 Å². The average molecular weight is 319 g/mol. The van der Waals surface area contributed by atoms with Crippen LogP contribution >= 0.6 is 0 Å².